The van der Waals surface area contributed by atoms with E-state index in [1.165, 1.54) is 33.5 Å². The highest BCUT2D eigenvalue weighted by Gasteiger charge is 2.40. The predicted molar refractivity (Wildman–Crippen MR) is 140 cm³/mol. The summed E-state index contributed by atoms with van der Waals surface area (Å²) in [7, 11) is -3.66. The van der Waals surface area contributed by atoms with Gasteiger partial charge in [0.15, 0.2) is 0 Å². The van der Waals surface area contributed by atoms with E-state index in [0.29, 0.717) is 30.9 Å². The van der Waals surface area contributed by atoms with E-state index in [1.807, 2.05) is 18.7 Å². The van der Waals surface area contributed by atoms with Crippen LogP contribution in [0.4, 0.5) is 9.18 Å². The maximum absolute atomic E-state index is 13.6. The van der Waals surface area contributed by atoms with Crippen molar-refractivity contribution in [3.05, 3.63) is 77.2 Å². The monoisotopic (exact) mass is 544 g/mol. The summed E-state index contributed by atoms with van der Waals surface area (Å²) in [5.41, 5.74) is 1.34. The Bertz CT molecular complexity index is 1300. The van der Waals surface area contributed by atoms with Gasteiger partial charge in [0, 0.05) is 44.5 Å². The van der Waals surface area contributed by atoms with Crippen molar-refractivity contribution in [2.24, 2.45) is 0 Å². The SMILES string of the molecule is CCOC(=O)C1=C(CN2CCN(S(=O)(=O)c3ccccc3)[C@H](C)C2)N(CC)C(=O)N[C@@H]1c1ccc(F)cc1. The Morgan fingerprint density at radius 2 is 1.76 bits per heavy atom. The van der Waals surface area contributed by atoms with Crippen LogP contribution in [0.2, 0.25) is 0 Å². The summed E-state index contributed by atoms with van der Waals surface area (Å²) in [5, 5.41) is 2.86. The number of likely N-dealkylation sites (N-methyl/N-ethyl adjacent to an activating group) is 1. The van der Waals surface area contributed by atoms with Crippen molar-refractivity contribution in [3.63, 3.8) is 0 Å². The zero-order valence-electron chi connectivity index (χ0n) is 21.8. The summed E-state index contributed by atoms with van der Waals surface area (Å²) in [6, 6.07) is 12.5. The Morgan fingerprint density at radius 3 is 2.37 bits per heavy atom. The maximum atomic E-state index is 13.6. The molecule has 0 radical (unpaired) electrons. The molecule has 1 N–H and O–H groups in total. The molecule has 0 saturated carbocycles. The van der Waals surface area contributed by atoms with Crippen molar-refractivity contribution in [2.45, 2.75) is 37.8 Å². The van der Waals surface area contributed by atoms with Crippen LogP contribution in [0.15, 0.2) is 70.8 Å². The summed E-state index contributed by atoms with van der Waals surface area (Å²) in [6.45, 7) is 7.17. The molecule has 2 aliphatic rings. The van der Waals surface area contributed by atoms with Crippen LogP contribution in [0.25, 0.3) is 0 Å². The molecular weight excluding hydrogens is 511 g/mol. The molecule has 2 amide bonds. The van der Waals surface area contributed by atoms with Crippen LogP contribution in [0.5, 0.6) is 0 Å². The van der Waals surface area contributed by atoms with Gasteiger partial charge in [0.2, 0.25) is 10.0 Å². The molecule has 9 nitrogen and oxygen atoms in total. The van der Waals surface area contributed by atoms with Gasteiger partial charge in [-0.3, -0.25) is 9.80 Å². The van der Waals surface area contributed by atoms with Crippen LogP contribution in [-0.2, 0) is 19.6 Å². The molecule has 4 rings (SSSR count). The first kappa shape index (κ1) is 27.7. The molecule has 2 atom stereocenters. The van der Waals surface area contributed by atoms with E-state index in [9.17, 15) is 22.4 Å². The van der Waals surface area contributed by atoms with Gasteiger partial charge in [0.25, 0.3) is 0 Å². The number of piperazine rings is 1. The van der Waals surface area contributed by atoms with Crippen molar-refractivity contribution >= 4 is 22.0 Å². The molecule has 0 bridgehead atoms. The first-order chi connectivity index (χ1) is 18.2. The summed E-state index contributed by atoms with van der Waals surface area (Å²) >= 11 is 0. The number of esters is 1. The lowest BCUT2D eigenvalue weighted by Crippen LogP contribution is -2.56. The zero-order chi connectivity index (χ0) is 27.4. The molecule has 1 saturated heterocycles. The number of carbonyl (C=O) groups excluding carboxylic acids is 2. The van der Waals surface area contributed by atoms with Gasteiger partial charge in [-0.15, -0.1) is 0 Å². The molecule has 0 unspecified atom stereocenters. The van der Waals surface area contributed by atoms with Gasteiger partial charge in [-0.05, 0) is 50.6 Å². The van der Waals surface area contributed by atoms with E-state index >= 15 is 0 Å². The third-order valence-electron chi connectivity index (χ3n) is 6.83. The van der Waals surface area contributed by atoms with Crippen molar-refractivity contribution in [2.75, 3.05) is 39.3 Å². The normalized spacial score (nSPS) is 21.4. The van der Waals surface area contributed by atoms with Crippen LogP contribution in [0.3, 0.4) is 0 Å². The number of halogens is 1. The summed E-state index contributed by atoms with van der Waals surface area (Å²) in [4.78, 5) is 30.1. The molecule has 2 aliphatic heterocycles. The average molecular weight is 545 g/mol. The number of nitrogens with one attached hydrogen (secondary N) is 1. The summed E-state index contributed by atoms with van der Waals surface area (Å²) in [5.74, 6) is -0.987. The second-order valence-electron chi connectivity index (χ2n) is 9.27. The molecule has 2 aromatic carbocycles. The first-order valence-corrected chi connectivity index (χ1v) is 14.1. The van der Waals surface area contributed by atoms with Gasteiger partial charge < -0.3 is 10.1 Å². The van der Waals surface area contributed by atoms with Crippen LogP contribution in [0, 0.1) is 5.82 Å². The lowest BCUT2D eigenvalue weighted by Gasteiger charge is -2.42. The number of hydrogen-bond donors (Lipinski definition) is 1. The van der Waals surface area contributed by atoms with E-state index in [0.717, 1.165) is 0 Å². The molecule has 2 aromatic rings. The third kappa shape index (κ3) is 5.59. The first-order valence-electron chi connectivity index (χ1n) is 12.7. The number of sulfonamides is 1. The van der Waals surface area contributed by atoms with Crippen LogP contribution < -0.4 is 5.32 Å². The zero-order valence-corrected chi connectivity index (χ0v) is 22.6. The average Bonchev–Trinajstić information content (AvgIpc) is 2.89. The Labute approximate surface area is 222 Å². The fraction of sp³-hybridized carbons (Fsp3) is 0.407. The number of carbonyl (C=O) groups is 2. The second kappa shape index (κ2) is 11.6. The number of ether oxygens (including phenoxy) is 1. The number of urea groups is 1. The molecule has 0 aromatic heterocycles. The molecule has 0 aliphatic carbocycles. The van der Waals surface area contributed by atoms with E-state index < -0.39 is 27.9 Å². The highest BCUT2D eigenvalue weighted by molar-refractivity contribution is 7.89. The van der Waals surface area contributed by atoms with Crippen molar-refractivity contribution in [1.29, 1.82) is 0 Å². The van der Waals surface area contributed by atoms with Gasteiger partial charge in [0.05, 0.1) is 23.1 Å². The lowest BCUT2D eigenvalue weighted by molar-refractivity contribution is -0.139. The number of amides is 2. The van der Waals surface area contributed by atoms with Gasteiger partial charge in [-0.2, -0.15) is 4.31 Å². The number of hydrogen-bond acceptors (Lipinski definition) is 6. The molecule has 1 fully saturated rings. The Balaban J connectivity index is 1.65. The fourth-order valence-electron chi connectivity index (χ4n) is 5.02. The molecule has 11 heteroatoms. The van der Waals surface area contributed by atoms with Crippen LogP contribution in [-0.4, -0.2) is 79.9 Å². The molecular formula is C27H33FN4O5S. The van der Waals surface area contributed by atoms with Gasteiger partial charge >= 0.3 is 12.0 Å². The molecule has 2 heterocycles. The van der Waals surface area contributed by atoms with Gasteiger partial charge in [-0.25, -0.2) is 22.4 Å². The Hall–Kier alpha value is -3.28. The second-order valence-corrected chi connectivity index (χ2v) is 11.2. The van der Waals surface area contributed by atoms with E-state index in [4.69, 9.17) is 4.74 Å². The van der Waals surface area contributed by atoms with E-state index in [1.54, 1.807) is 37.3 Å². The van der Waals surface area contributed by atoms with E-state index in [-0.39, 0.29) is 42.2 Å². The minimum Gasteiger partial charge on any atom is -0.463 e. The van der Waals surface area contributed by atoms with E-state index in [2.05, 4.69) is 5.32 Å². The highest BCUT2D eigenvalue weighted by Crippen LogP contribution is 2.33. The van der Waals surface area contributed by atoms with Crippen LogP contribution >= 0.6 is 0 Å². The third-order valence-corrected chi connectivity index (χ3v) is 8.85. The number of nitrogens with zero attached hydrogens (tertiary/aromatic N) is 3. The Morgan fingerprint density at radius 1 is 1.08 bits per heavy atom. The summed E-state index contributed by atoms with van der Waals surface area (Å²) in [6.07, 6.45) is 0. The van der Waals surface area contributed by atoms with Gasteiger partial charge in [0.1, 0.15) is 5.82 Å². The topological polar surface area (TPSA) is 99.3 Å². The largest absolute Gasteiger partial charge is 0.463 e. The Kier molecular flexibility index (Phi) is 8.49. The summed E-state index contributed by atoms with van der Waals surface area (Å²) < 4.78 is 46.9. The molecule has 38 heavy (non-hydrogen) atoms. The van der Waals surface area contributed by atoms with Crippen LogP contribution in [0.1, 0.15) is 32.4 Å². The van der Waals surface area contributed by atoms with Crippen molar-refractivity contribution in [3.8, 4) is 0 Å². The van der Waals surface area contributed by atoms with Gasteiger partial charge in [-0.1, -0.05) is 30.3 Å². The lowest BCUT2D eigenvalue weighted by atomic mass is 9.94. The molecule has 0 spiro atoms. The quantitative estimate of drug-likeness (QED) is 0.513. The fourth-order valence-corrected chi connectivity index (χ4v) is 6.65. The predicted octanol–water partition coefficient (Wildman–Crippen LogP) is 3.12. The smallest absolute Gasteiger partial charge is 0.338 e. The molecule has 204 valence electrons. The maximum Gasteiger partial charge on any atom is 0.338 e. The highest BCUT2D eigenvalue weighted by atomic mass is 32.2. The number of rotatable bonds is 8. The van der Waals surface area contributed by atoms with Crippen molar-refractivity contribution < 1.29 is 27.1 Å². The number of benzene rings is 2. The minimum absolute atomic E-state index is 0.152. The van der Waals surface area contributed by atoms with Crippen molar-refractivity contribution in [1.82, 2.24) is 19.4 Å². The minimum atomic E-state index is -3.66. The standard InChI is InChI=1S/C27H33FN4O5S/c1-4-31-23(18-30-15-16-32(19(3)17-30)38(35,36)22-9-7-6-8-10-22)24(26(33)37-5-2)25(29-27(31)34)20-11-13-21(28)14-12-20/h6-14,19,25H,4-5,15-18H2,1-3H3,(H,29,34)/t19-,25-/m1/s1.